The first-order valence-corrected chi connectivity index (χ1v) is 11.9. The first-order chi connectivity index (χ1) is 18.0. The molecule has 0 aromatic heterocycles. The Labute approximate surface area is 219 Å². The van der Waals surface area contributed by atoms with Gasteiger partial charge in [0.2, 0.25) is 0 Å². The summed E-state index contributed by atoms with van der Waals surface area (Å²) in [6.07, 6.45) is 1.74. The van der Waals surface area contributed by atoms with Gasteiger partial charge in [-0.3, -0.25) is 4.79 Å². The molecule has 1 aliphatic rings. The molecule has 7 heteroatoms. The number of benzene rings is 4. The largest absolute Gasteiger partial charge is 0.493 e. The van der Waals surface area contributed by atoms with Gasteiger partial charge in [0.25, 0.3) is 5.91 Å². The fourth-order valence-corrected chi connectivity index (χ4v) is 4.28. The molecule has 0 bridgehead atoms. The van der Waals surface area contributed by atoms with Gasteiger partial charge in [-0.1, -0.05) is 72.3 Å². The molecule has 0 saturated heterocycles. The van der Waals surface area contributed by atoms with E-state index in [1.54, 1.807) is 30.3 Å². The van der Waals surface area contributed by atoms with E-state index >= 15 is 0 Å². The third-order valence-corrected chi connectivity index (χ3v) is 6.04. The second kappa shape index (κ2) is 10.7. The summed E-state index contributed by atoms with van der Waals surface area (Å²) in [5, 5.41) is 6.34. The van der Waals surface area contributed by atoms with E-state index in [2.05, 4.69) is 5.10 Å². The Kier molecular flexibility index (Phi) is 7.01. The minimum Gasteiger partial charge on any atom is -0.493 e. The number of methoxy groups -OCH3 is 1. The highest BCUT2D eigenvalue weighted by Crippen LogP contribution is 2.38. The number of halogens is 2. The fraction of sp³-hybridized carbons (Fsp3) is 0.0667. The summed E-state index contributed by atoms with van der Waals surface area (Å²) in [7, 11) is 1.51. The first-order valence-electron chi connectivity index (χ1n) is 11.5. The molecule has 0 spiro atoms. The molecule has 0 unspecified atom stereocenters. The van der Waals surface area contributed by atoms with Crippen LogP contribution in [0.5, 0.6) is 11.5 Å². The van der Waals surface area contributed by atoms with Crippen molar-refractivity contribution in [2.75, 3.05) is 12.1 Å². The lowest BCUT2D eigenvalue weighted by atomic mass is 10.00. The Balaban J connectivity index is 1.50. The van der Waals surface area contributed by atoms with Gasteiger partial charge < -0.3 is 9.47 Å². The second-order valence-electron chi connectivity index (χ2n) is 8.28. The maximum atomic E-state index is 13.5. The van der Waals surface area contributed by atoms with Crippen LogP contribution in [0.2, 0.25) is 5.02 Å². The number of ether oxygens (including phenoxy) is 2. The molecule has 1 amide bonds. The third kappa shape index (κ3) is 5.25. The van der Waals surface area contributed by atoms with Crippen LogP contribution in [0.25, 0.3) is 6.08 Å². The lowest BCUT2D eigenvalue weighted by Crippen LogP contribution is -2.21. The molecule has 5 nitrogen and oxygen atoms in total. The van der Waals surface area contributed by atoms with Crippen LogP contribution in [0, 0.1) is 5.82 Å². The maximum absolute atomic E-state index is 13.5. The molecule has 0 radical (unpaired) electrons. The van der Waals surface area contributed by atoms with Gasteiger partial charge in [-0.15, -0.1) is 0 Å². The molecule has 37 heavy (non-hydrogen) atoms. The highest BCUT2D eigenvalue weighted by molar-refractivity contribution is 6.37. The quantitative estimate of drug-likeness (QED) is 0.253. The van der Waals surface area contributed by atoms with Gasteiger partial charge in [-0.25, -0.2) is 4.39 Å². The van der Waals surface area contributed by atoms with E-state index in [0.29, 0.717) is 44.6 Å². The normalized spacial score (nSPS) is 14.1. The number of hydrazone groups is 1. The van der Waals surface area contributed by atoms with E-state index in [0.717, 1.165) is 5.56 Å². The molecule has 4 aromatic rings. The zero-order valence-corrected chi connectivity index (χ0v) is 20.7. The van der Waals surface area contributed by atoms with Crippen LogP contribution in [0.4, 0.5) is 10.1 Å². The van der Waals surface area contributed by atoms with Crippen molar-refractivity contribution >= 4 is 35.0 Å². The molecule has 5 rings (SSSR count). The highest BCUT2D eigenvalue weighted by atomic mass is 35.5. The molecule has 4 aromatic carbocycles. The second-order valence-corrected chi connectivity index (χ2v) is 8.69. The molecule has 0 aliphatic carbocycles. The number of hydrogen-bond acceptors (Lipinski definition) is 4. The number of rotatable bonds is 7. The molecular formula is C30H22ClFN2O3. The summed E-state index contributed by atoms with van der Waals surface area (Å²) in [6.45, 7) is 0.115. The number of amides is 1. The van der Waals surface area contributed by atoms with Crippen LogP contribution in [-0.2, 0) is 11.4 Å². The third-order valence-electron chi connectivity index (χ3n) is 5.76. The van der Waals surface area contributed by atoms with Gasteiger partial charge in [0, 0.05) is 5.56 Å². The SMILES string of the molecule is COc1cc(/C=C2\C(=O)N(c3ccccc3)N=C2c2ccccc2)cc(Cl)c1OCc1cccc(F)c1. The smallest absolute Gasteiger partial charge is 0.281 e. The van der Waals surface area contributed by atoms with Crippen LogP contribution < -0.4 is 14.5 Å². The number of carbonyl (C=O) groups excluding carboxylic acids is 1. The highest BCUT2D eigenvalue weighted by Gasteiger charge is 2.32. The summed E-state index contributed by atoms with van der Waals surface area (Å²) in [5.74, 6) is 0.116. The molecule has 1 aliphatic heterocycles. The van der Waals surface area contributed by atoms with Crippen LogP contribution in [0.3, 0.4) is 0 Å². The van der Waals surface area contributed by atoms with Crippen molar-refractivity contribution in [3.8, 4) is 11.5 Å². The minimum absolute atomic E-state index is 0.115. The van der Waals surface area contributed by atoms with Crippen LogP contribution in [0.1, 0.15) is 16.7 Å². The number of nitrogens with zero attached hydrogens (tertiary/aromatic N) is 2. The fourth-order valence-electron chi connectivity index (χ4n) is 4.01. The van der Waals surface area contributed by atoms with E-state index in [4.69, 9.17) is 21.1 Å². The number of para-hydroxylation sites is 1. The molecule has 0 saturated carbocycles. The van der Waals surface area contributed by atoms with E-state index in [-0.39, 0.29) is 18.3 Å². The lowest BCUT2D eigenvalue weighted by molar-refractivity contribution is -0.114. The first kappa shape index (κ1) is 24.3. The lowest BCUT2D eigenvalue weighted by Gasteiger charge is -2.14. The number of anilines is 1. The summed E-state index contributed by atoms with van der Waals surface area (Å²) in [4.78, 5) is 13.5. The van der Waals surface area contributed by atoms with Gasteiger partial charge in [0.05, 0.1) is 23.4 Å². The average Bonchev–Trinajstić information content (AvgIpc) is 3.24. The van der Waals surface area contributed by atoms with Crippen LogP contribution in [-0.4, -0.2) is 18.7 Å². The molecular weight excluding hydrogens is 491 g/mol. The van der Waals surface area contributed by atoms with E-state index < -0.39 is 0 Å². The van der Waals surface area contributed by atoms with Gasteiger partial charge in [-0.2, -0.15) is 10.1 Å². The molecule has 0 atom stereocenters. The summed E-state index contributed by atoms with van der Waals surface area (Å²) >= 11 is 6.58. The Hall–Kier alpha value is -4.42. The Bertz CT molecular complexity index is 1500. The molecule has 0 fully saturated rings. The van der Waals surface area contributed by atoms with Gasteiger partial charge in [0.15, 0.2) is 11.5 Å². The Morgan fingerprint density at radius 2 is 1.68 bits per heavy atom. The number of hydrogen-bond donors (Lipinski definition) is 0. The van der Waals surface area contributed by atoms with E-state index in [1.807, 2.05) is 60.7 Å². The summed E-state index contributed by atoms with van der Waals surface area (Å²) in [5.41, 5.74) is 3.75. The minimum atomic E-state index is -0.345. The van der Waals surface area contributed by atoms with E-state index in [9.17, 15) is 9.18 Å². The number of carbonyl (C=O) groups is 1. The molecule has 184 valence electrons. The van der Waals surface area contributed by atoms with Gasteiger partial charge >= 0.3 is 0 Å². The van der Waals surface area contributed by atoms with Crippen molar-refractivity contribution in [3.05, 3.63) is 130 Å². The zero-order valence-electron chi connectivity index (χ0n) is 19.9. The van der Waals surface area contributed by atoms with Gasteiger partial charge in [-0.05, 0) is 53.6 Å². The summed E-state index contributed by atoms with van der Waals surface area (Å²) < 4.78 is 24.9. The molecule has 0 N–H and O–H groups in total. The van der Waals surface area contributed by atoms with Crippen molar-refractivity contribution in [1.82, 2.24) is 0 Å². The maximum Gasteiger partial charge on any atom is 0.281 e. The van der Waals surface area contributed by atoms with Crippen molar-refractivity contribution in [1.29, 1.82) is 0 Å². The van der Waals surface area contributed by atoms with E-state index in [1.165, 1.54) is 24.3 Å². The predicted molar refractivity (Wildman–Crippen MR) is 144 cm³/mol. The Morgan fingerprint density at radius 1 is 0.946 bits per heavy atom. The van der Waals surface area contributed by atoms with Crippen LogP contribution in [0.15, 0.2) is 108 Å². The summed E-state index contributed by atoms with van der Waals surface area (Å²) in [6, 6.07) is 28.4. The van der Waals surface area contributed by atoms with Gasteiger partial charge in [0.1, 0.15) is 18.1 Å². The monoisotopic (exact) mass is 512 g/mol. The van der Waals surface area contributed by atoms with Crippen LogP contribution >= 0.6 is 11.6 Å². The van der Waals surface area contributed by atoms with Crippen molar-refractivity contribution in [2.45, 2.75) is 6.61 Å². The standard InChI is InChI=1S/C30H22ClFN2O3/c1-36-27-18-21(17-26(31)29(27)37-19-20-9-8-12-23(32)15-20)16-25-28(22-10-4-2-5-11-22)33-34(30(25)35)24-13-6-3-7-14-24/h2-18H,19H2,1H3/b25-16-. The predicted octanol–water partition coefficient (Wildman–Crippen LogP) is 6.90. The molecule has 1 heterocycles. The zero-order chi connectivity index (χ0) is 25.8. The van der Waals surface area contributed by atoms with Crippen molar-refractivity contribution in [2.24, 2.45) is 5.10 Å². The topological polar surface area (TPSA) is 51.1 Å². The van der Waals surface area contributed by atoms with Crippen molar-refractivity contribution < 1.29 is 18.7 Å². The average molecular weight is 513 g/mol. The Morgan fingerprint density at radius 3 is 2.38 bits per heavy atom. The van der Waals surface area contributed by atoms with Crippen molar-refractivity contribution in [3.63, 3.8) is 0 Å².